The van der Waals surface area contributed by atoms with Gasteiger partial charge in [0.15, 0.2) is 18.1 Å². The number of carbonyl (C=O) groups excluding carboxylic acids is 1. The monoisotopic (exact) mass is 405 g/mol. The van der Waals surface area contributed by atoms with Crippen molar-refractivity contribution in [2.24, 2.45) is 0 Å². The van der Waals surface area contributed by atoms with Crippen LogP contribution in [-0.4, -0.2) is 24.6 Å². The summed E-state index contributed by atoms with van der Waals surface area (Å²) in [7, 11) is 1.52. The topological polar surface area (TPSA) is 84.2 Å². The Hall–Kier alpha value is -3.63. The number of para-hydroxylation sites is 1. The lowest BCUT2D eigenvalue weighted by Crippen LogP contribution is -2.20. The fourth-order valence-electron chi connectivity index (χ4n) is 2.54. The highest BCUT2D eigenvalue weighted by atomic mass is 32.1. The van der Waals surface area contributed by atoms with Crippen LogP contribution in [-0.2, 0) is 4.79 Å². The number of methoxy groups -OCH3 is 1. The molecule has 0 radical (unpaired) electrons. The first kappa shape index (κ1) is 20.1. The molecule has 3 rings (SSSR count). The predicted octanol–water partition coefficient (Wildman–Crippen LogP) is 4.54. The van der Waals surface area contributed by atoms with Gasteiger partial charge in [-0.1, -0.05) is 24.3 Å². The van der Waals surface area contributed by atoms with Crippen molar-refractivity contribution >= 4 is 34.6 Å². The van der Waals surface area contributed by atoms with Crippen molar-refractivity contribution < 1.29 is 14.3 Å². The van der Waals surface area contributed by atoms with E-state index in [-0.39, 0.29) is 12.5 Å². The number of ether oxygens (including phenoxy) is 2. The number of nitrogens with one attached hydrogen (secondary N) is 1. The molecule has 0 spiro atoms. The second-order valence-corrected chi connectivity index (χ2v) is 6.94. The standard InChI is InChI=1S/C22H19N3O3S/c1-15-14-29-22(24-15)17(12-23)10-16-8-9-19(20(11-16)27-2)28-13-21(26)25-18-6-4-3-5-7-18/h3-11,14H,13H2,1-2H3,(H,25,26)/b17-10+. The van der Waals surface area contributed by atoms with Gasteiger partial charge >= 0.3 is 0 Å². The number of anilines is 1. The van der Waals surface area contributed by atoms with Gasteiger partial charge in [-0.25, -0.2) is 4.98 Å². The van der Waals surface area contributed by atoms with Crippen LogP contribution in [0.25, 0.3) is 11.6 Å². The van der Waals surface area contributed by atoms with Crippen LogP contribution >= 0.6 is 11.3 Å². The van der Waals surface area contributed by atoms with Crippen LogP contribution in [0.5, 0.6) is 11.5 Å². The molecule has 1 heterocycles. The summed E-state index contributed by atoms with van der Waals surface area (Å²) in [5.74, 6) is 0.642. The van der Waals surface area contributed by atoms with Crippen LogP contribution in [0.2, 0.25) is 0 Å². The Bertz CT molecular complexity index is 1070. The van der Waals surface area contributed by atoms with Crippen LogP contribution < -0.4 is 14.8 Å². The highest BCUT2D eigenvalue weighted by molar-refractivity contribution is 7.11. The number of rotatable bonds is 7. The fraction of sp³-hybridized carbons (Fsp3) is 0.136. The maximum Gasteiger partial charge on any atom is 0.262 e. The molecule has 1 amide bonds. The van der Waals surface area contributed by atoms with Crippen LogP contribution in [0.3, 0.4) is 0 Å². The Balaban J connectivity index is 1.71. The summed E-state index contributed by atoms with van der Waals surface area (Å²) < 4.78 is 11.0. The number of aromatic nitrogens is 1. The van der Waals surface area contributed by atoms with Crippen molar-refractivity contribution in [1.82, 2.24) is 4.98 Å². The van der Waals surface area contributed by atoms with Crippen LogP contribution in [0, 0.1) is 18.3 Å². The van der Waals surface area contributed by atoms with Crippen molar-refractivity contribution in [3.63, 3.8) is 0 Å². The molecular formula is C22H19N3O3S. The largest absolute Gasteiger partial charge is 0.493 e. The van der Waals surface area contributed by atoms with Crippen molar-refractivity contribution in [3.05, 3.63) is 70.2 Å². The fourth-order valence-corrected chi connectivity index (χ4v) is 3.30. The second-order valence-electron chi connectivity index (χ2n) is 6.08. The molecule has 0 aliphatic carbocycles. The Kier molecular flexibility index (Phi) is 6.61. The van der Waals surface area contributed by atoms with E-state index in [4.69, 9.17) is 9.47 Å². The van der Waals surface area contributed by atoms with Gasteiger partial charge in [0.05, 0.1) is 12.7 Å². The summed E-state index contributed by atoms with van der Waals surface area (Å²) in [5, 5.41) is 14.8. The average Bonchev–Trinajstić information content (AvgIpc) is 3.17. The molecule has 29 heavy (non-hydrogen) atoms. The Morgan fingerprint density at radius 3 is 2.69 bits per heavy atom. The molecule has 1 aromatic heterocycles. The van der Waals surface area contributed by atoms with Gasteiger partial charge in [-0.3, -0.25) is 4.79 Å². The number of allylic oxidation sites excluding steroid dienone is 1. The summed E-state index contributed by atoms with van der Waals surface area (Å²) in [4.78, 5) is 16.4. The van der Waals surface area contributed by atoms with Crippen molar-refractivity contribution in [3.8, 4) is 17.6 Å². The summed E-state index contributed by atoms with van der Waals surface area (Å²) in [6.07, 6.45) is 1.74. The number of benzene rings is 2. The smallest absolute Gasteiger partial charge is 0.262 e. The Morgan fingerprint density at radius 2 is 2.03 bits per heavy atom. The summed E-state index contributed by atoms with van der Waals surface area (Å²) in [6.45, 7) is 1.74. The first-order chi connectivity index (χ1) is 14.1. The minimum atomic E-state index is -0.270. The maximum absolute atomic E-state index is 12.1. The molecule has 1 N–H and O–H groups in total. The summed E-state index contributed by atoms with van der Waals surface area (Å²) in [5.41, 5.74) is 2.82. The van der Waals surface area contributed by atoms with E-state index in [1.807, 2.05) is 30.5 Å². The van der Waals surface area contributed by atoms with Crippen LogP contribution in [0.15, 0.2) is 53.9 Å². The number of carbonyl (C=O) groups is 1. The van der Waals surface area contributed by atoms with E-state index in [1.54, 1.807) is 36.4 Å². The van der Waals surface area contributed by atoms with Gasteiger partial charge in [0, 0.05) is 16.8 Å². The lowest BCUT2D eigenvalue weighted by Gasteiger charge is -2.11. The van der Waals surface area contributed by atoms with E-state index in [0.29, 0.717) is 27.8 Å². The second kappa shape index (κ2) is 9.53. The Labute approximate surface area is 173 Å². The molecule has 0 unspecified atom stereocenters. The third-order valence-electron chi connectivity index (χ3n) is 3.88. The van der Waals surface area contributed by atoms with Crippen LogP contribution in [0.1, 0.15) is 16.3 Å². The lowest BCUT2D eigenvalue weighted by atomic mass is 10.1. The number of thiazole rings is 1. The molecule has 0 aliphatic rings. The summed E-state index contributed by atoms with van der Waals surface area (Å²) >= 11 is 1.42. The zero-order chi connectivity index (χ0) is 20.6. The molecule has 0 saturated heterocycles. The molecule has 0 saturated carbocycles. The maximum atomic E-state index is 12.1. The SMILES string of the molecule is COc1cc(/C=C(\C#N)c2nc(C)cs2)ccc1OCC(=O)Nc1ccccc1. The third-order valence-corrected chi connectivity index (χ3v) is 4.88. The van der Waals surface area contributed by atoms with Gasteiger partial charge in [0.2, 0.25) is 0 Å². The van der Waals surface area contributed by atoms with Crippen LogP contribution in [0.4, 0.5) is 5.69 Å². The number of aryl methyl sites for hydroxylation is 1. The predicted molar refractivity (Wildman–Crippen MR) is 114 cm³/mol. The normalized spacial score (nSPS) is 10.9. The molecule has 7 heteroatoms. The van der Waals surface area contributed by atoms with E-state index >= 15 is 0 Å². The highest BCUT2D eigenvalue weighted by Gasteiger charge is 2.10. The number of nitriles is 1. The van der Waals surface area contributed by atoms with Gasteiger partial charge in [-0.05, 0) is 42.8 Å². The minimum Gasteiger partial charge on any atom is -0.493 e. The molecular weight excluding hydrogens is 386 g/mol. The lowest BCUT2D eigenvalue weighted by molar-refractivity contribution is -0.118. The molecule has 146 valence electrons. The quantitative estimate of drug-likeness (QED) is 0.583. The number of hydrogen-bond acceptors (Lipinski definition) is 6. The van der Waals surface area contributed by atoms with Crippen molar-refractivity contribution in [1.29, 1.82) is 5.26 Å². The van der Waals surface area contributed by atoms with Gasteiger partial charge in [-0.15, -0.1) is 11.3 Å². The molecule has 0 aliphatic heterocycles. The van der Waals surface area contributed by atoms with Crippen molar-refractivity contribution in [2.45, 2.75) is 6.92 Å². The molecule has 3 aromatic rings. The molecule has 0 atom stereocenters. The van der Waals surface area contributed by atoms with Gasteiger partial charge in [0.25, 0.3) is 5.91 Å². The molecule has 0 fully saturated rings. The zero-order valence-corrected chi connectivity index (χ0v) is 16.8. The first-order valence-corrected chi connectivity index (χ1v) is 9.67. The number of hydrogen-bond donors (Lipinski definition) is 1. The first-order valence-electron chi connectivity index (χ1n) is 8.79. The number of amides is 1. The van der Waals surface area contributed by atoms with E-state index in [1.165, 1.54) is 18.4 Å². The zero-order valence-electron chi connectivity index (χ0n) is 16.0. The summed E-state index contributed by atoms with van der Waals surface area (Å²) in [6, 6.07) is 16.6. The third kappa shape index (κ3) is 5.43. The molecule has 2 aromatic carbocycles. The Morgan fingerprint density at radius 1 is 1.24 bits per heavy atom. The highest BCUT2D eigenvalue weighted by Crippen LogP contribution is 2.30. The van der Waals surface area contributed by atoms with E-state index < -0.39 is 0 Å². The van der Waals surface area contributed by atoms with E-state index in [9.17, 15) is 10.1 Å². The van der Waals surface area contributed by atoms with Crippen molar-refractivity contribution in [2.75, 3.05) is 19.0 Å². The van der Waals surface area contributed by atoms with Gasteiger partial charge < -0.3 is 14.8 Å². The van der Waals surface area contributed by atoms with E-state index in [0.717, 1.165) is 11.3 Å². The molecule has 6 nitrogen and oxygen atoms in total. The van der Waals surface area contributed by atoms with Gasteiger partial charge in [0.1, 0.15) is 11.1 Å². The van der Waals surface area contributed by atoms with E-state index in [2.05, 4.69) is 16.4 Å². The number of nitrogens with zero attached hydrogens (tertiary/aromatic N) is 2. The average molecular weight is 405 g/mol. The minimum absolute atomic E-state index is 0.151. The van der Waals surface area contributed by atoms with Gasteiger partial charge in [-0.2, -0.15) is 5.26 Å². The molecule has 0 bridgehead atoms.